The Morgan fingerprint density at radius 3 is 2.28 bits per heavy atom. The Hall–Kier alpha value is -1.06. The highest BCUT2D eigenvalue weighted by Gasteiger charge is 2.40. The highest BCUT2D eigenvalue weighted by Crippen LogP contribution is 2.36. The molecule has 1 atom stereocenters. The van der Waals surface area contributed by atoms with E-state index in [9.17, 15) is 0 Å². The van der Waals surface area contributed by atoms with E-state index in [-0.39, 0.29) is 5.41 Å². The first kappa shape index (κ1) is 15.0. The van der Waals surface area contributed by atoms with Gasteiger partial charge in [0.25, 0.3) is 10.5 Å². The molecule has 0 amide bonds. The quantitative estimate of drug-likeness (QED) is 0.605. The summed E-state index contributed by atoms with van der Waals surface area (Å²) in [6, 6.07) is 5.91. The van der Waals surface area contributed by atoms with Gasteiger partial charge in [0, 0.05) is 12.3 Å². The summed E-state index contributed by atoms with van der Waals surface area (Å²) in [4.78, 5) is 0. The van der Waals surface area contributed by atoms with Crippen molar-refractivity contribution < 1.29 is 9.16 Å². The summed E-state index contributed by atoms with van der Waals surface area (Å²) < 4.78 is 11.5. The average molecular weight is 261 g/mol. The first-order valence-corrected chi connectivity index (χ1v) is 6.42. The van der Waals surface area contributed by atoms with E-state index in [0.29, 0.717) is 0 Å². The molecule has 0 fully saturated rings. The minimum atomic E-state index is -0.756. The van der Waals surface area contributed by atoms with Gasteiger partial charge in [-0.25, -0.2) is 0 Å². The first-order chi connectivity index (χ1) is 8.25. The van der Waals surface area contributed by atoms with E-state index in [2.05, 4.69) is 37.8 Å². The monoisotopic (exact) mass is 261 g/mol. The van der Waals surface area contributed by atoms with Crippen molar-refractivity contribution in [3.63, 3.8) is 0 Å². The summed E-state index contributed by atoms with van der Waals surface area (Å²) in [5.74, 6) is 0.0529. The number of benzene rings is 1. The second-order valence-electron chi connectivity index (χ2n) is 5.57. The van der Waals surface area contributed by atoms with Crippen LogP contribution in [0.3, 0.4) is 0 Å². The van der Waals surface area contributed by atoms with Gasteiger partial charge in [-0.15, -0.1) is 0 Å². The molecule has 3 radical (unpaired) electrons. The van der Waals surface area contributed by atoms with Crippen LogP contribution in [-0.4, -0.2) is 16.3 Å². The first-order valence-electron chi connectivity index (χ1n) is 6.01. The highest BCUT2D eigenvalue weighted by atomic mass is 28.2. The Labute approximate surface area is 114 Å². The van der Waals surface area contributed by atoms with Crippen molar-refractivity contribution in [1.82, 2.24) is 0 Å². The molecule has 1 aromatic carbocycles. The summed E-state index contributed by atoms with van der Waals surface area (Å²) in [5, 5.41) is 0. The molecular weight excluding hydrogens is 240 g/mol. The number of hydrogen-bond acceptors (Lipinski definition) is 2. The third-order valence-corrected chi connectivity index (χ3v) is 3.80. The molecule has 0 saturated heterocycles. The van der Waals surface area contributed by atoms with E-state index in [1.54, 1.807) is 0 Å². The Balaban J connectivity index is 3.14. The molecule has 1 aromatic rings. The van der Waals surface area contributed by atoms with Gasteiger partial charge in [0.2, 0.25) is 5.79 Å². The minimum Gasteiger partial charge on any atom is -0.463 e. The fraction of sp³-hybridized carbons (Fsp3) is 0.467. The largest absolute Gasteiger partial charge is 0.463 e. The van der Waals surface area contributed by atoms with Gasteiger partial charge in [-0.3, -0.25) is 0 Å². The summed E-state index contributed by atoms with van der Waals surface area (Å²) in [7, 11) is 3.13. The summed E-state index contributed by atoms with van der Waals surface area (Å²) >= 11 is 0. The lowest BCUT2D eigenvalue weighted by atomic mass is 9.86. The fourth-order valence-electron chi connectivity index (χ4n) is 1.50. The number of rotatable bonds is 4. The normalized spacial score (nSPS) is 15.0. The average Bonchev–Trinajstić information content (AvgIpc) is 2.30. The molecule has 1 unspecified atom stereocenters. The van der Waals surface area contributed by atoms with E-state index in [1.807, 2.05) is 38.1 Å². The van der Waals surface area contributed by atoms with Gasteiger partial charge in [-0.2, -0.15) is 0 Å². The number of hydrogen-bond donors (Lipinski definition) is 0. The van der Waals surface area contributed by atoms with Crippen LogP contribution in [0, 0.1) is 12.3 Å². The topological polar surface area (TPSA) is 18.5 Å². The molecule has 97 valence electrons. The van der Waals surface area contributed by atoms with Crippen LogP contribution < -0.4 is 4.74 Å². The lowest BCUT2D eigenvalue weighted by Gasteiger charge is -2.41. The maximum atomic E-state index is 6.07. The predicted molar refractivity (Wildman–Crippen MR) is 76.6 cm³/mol. The summed E-state index contributed by atoms with van der Waals surface area (Å²) in [5.41, 5.74) is 1.95. The molecule has 0 bridgehead atoms. The Morgan fingerprint density at radius 2 is 1.83 bits per heavy atom. The van der Waals surface area contributed by atoms with Gasteiger partial charge >= 0.3 is 0 Å². The molecule has 0 N–H and O–H groups in total. The van der Waals surface area contributed by atoms with Crippen LogP contribution >= 0.6 is 0 Å². The summed E-state index contributed by atoms with van der Waals surface area (Å²) in [6.07, 6.45) is 1.82. The molecule has 0 aliphatic heterocycles. The molecule has 0 heterocycles. The maximum absolute atomic E-state index is 6.07. The van der Waals surface area contributed by atoms with Crippen LogP contribution in [0.2, 0.25) is 0 Å². The zero-order valence-corrected chi connectivity index (χ0v) is 12.8. The van der Waals surface area contributed by atoms with Crippen molar-refractivity contribution >= 4 is 16.6 Å². The molecule has 0 aliphatic carbocycles. The SMILES string of the molecule is C=Cc1cccc(OC(C)(O[Si])C(C)(C)C)c1C. The molecule has 2 nitrogen and oxygen atoms in total. The molecule has 0 aliphatic rings. The molecule has 0 aromatic heterocycles. The van der Waals surface area contributed by atoms with Gasteiger partial charge in [0.05, 0.1) is 0 Å². The van der Waals surface area contributed by atoms with Crippen LogP contribution in [-0.2, 0) is 4.43 Å². The minimum absolute atomic E-state index is 0.175. The van der Waals surface area contributed by atoms with Crippen LogP contribution in [0.1, 0.15) is 38.8 Å². The van der Waals surface area contributed by atoms with Gasteiger partial charge in [0.15, 0.2) is 0 Å². The molecule has 18 heavy (non-hydrogen) atoms. The zero-order valence-electron chi connectivity index (χ0n) is 11.8. The van der Waals surface area contributed by atoms with E-state index in [0.717, 1.165) is 16.9 Å². The van der Waals surface area contributed by atoms with Crippen molar-refractivity contribution in [3.8, 4) is 5.75 Å². The van der Waals surface area contributed by atoms with Crippen molar-refractivity contribution in [2.24, 2.45) is 5.41 Å². The number of ether oxygens (including phenoxy) is 1. The zero-order chi connectivity index (χ0) is 14.0. The lowest BCUT2D eigenvalue weighted by Crippen LogP contribution is -2.47. The van der Waals surface area contributed by atoms with E-state index in [1.165, 1.54) is 0 Å². The molecule has 3 heteroatoms. The molecular formula is C15H21O2Si. The molecule has 0 saturated carbocycles. The van der Waals surface area contributed by atoms with Gasteiger partial charge < -0.3 is 9.16 Å². The lowest BCUT2D eigenvalue weighted by molar-refractivity contribution is -0.169. The van der Waals surface area contributed by atoms with Crippen molar-refractivity contribution in [1.29, 1.82) is 0 Å². The predicted octanol–water partition coefficient (Wildman–Crippen LogP) is 3.88. The van der Waals surface area contributed by atoms with Crippen molar-refractivity contribution in [2.45, 2.75) is 40.4 Å². The second kappa shape index (κ2) is 5.29. The molecule has 1 rings (SSSR count). The third kappa shape index (κ3) is 2.84. The van der Waals surface area contributed by atoms with Crippen molar-refractivity contribution in [3.05, 3.63) is 35.9 Å². The Kier molecular flexibility index (Phi) is 4.40. The smallest absolute Gasteiger partial charge is 0.251 e. The van der Waals surface area contributed by atoms with E-state index < -0.39 is 5.79 Å². The summed E-state index contributed by atoms with van der Waals surface area (Å²) in [6.45, 7) is 13.9. The van der Waals surface area contributed by atoms with E-state index >= 15 is 0 Å². The Morgan fingerprint density at radius 1 is 1.22 bits per heavy atom. The standard InChI is InChI=1S/C15H21O2Si/c1-7-12-9-8-10-13(11(12)2)16-15(6,17-18)14(3,4)5/h7-10H,1H2,2-6H3. The van der Waals surface area contributed by atoms with Crippen molar-refractivity contribution in [2.75, 3.05) is 0 Å². The highest BCUT2D eigenvalue weighted by molar-refractivity contribution is 5.98. The van der Waals surface area contributed by atoms with Crippen LogP contribution in [0.5, 0.6) is 5.75 Å². The van der Waals surface area contributed by atoms with Gasteiger partial charge in [-0.1, -0.05) is 45.6 Å². The maximum Gasteiger partial charge on any atom is 0.251 e. The van der Waals surface area contributed by atoms with Gasteiger partial charge in [0.1, 0.15) is 5.75 Å². The second-order valence-corrected chi connectivity index (χ2v) is 5.78. The van der Waals surface area contributed by atoms with E-state index in [4.69, 9.17) is 9.16 Å². The molecule has 0 spiro atoms. The van der Waals surface area contributed by atoms with Crippen LogP contribution in [0.4, 0.5) is 0 Å². The Bertz CT molecular complexity index is 435. The third-order valence-electron chi connectivity index (χ3n) is 3.41. The van der Waals surface area contributed by atoms with Crippen LogP contribution in [0.25, 0.3) is 6.08 Å². The fourth-order valence-corrected chi connectivity index (χ4v) is 1.85. The van der Waals surface area contributed by atoms with Crippen LogP contribution in [0.15, 0.2) is 24.8 Å². The van der Waals surface area contributed by atoms with Gasteiger partial charge in [-0.05, 0) is 24.1 Å².